The van der Waals surface area contributed by atoms with Gasteiger partial charge in [0.1, 0.15) is 0 Å². The molecule has 0 aliphatic rings. The van der Waals surface area contributed by atoms with Crippen LogP contribution in [0.4, 0.5) is 0 Å². The summed E-state index contributed by atoms with van der Waals surface area (Å²) in [6, 6.07) is 6.98. The molecular formula is C17H27N. The Morgan fingerprint density at radius 3 is 2.61 bits per heavy atom. The number of rotatable bonds is 8. The lowest BCUT2D eigenvalue weighted by Crippen LogP contribution is -2.22. The first-order chi connectivity index (χ1) is 8.63. The highest BCUT2D eigenvalue weighted by molar-refractivity contribution is 5.30. The standard InChI is InChI=1S/C17H27N/c1-4-5-6-7-8-9-17(18)13-16-11-10-14(2)15(3)12-16/h4,10-12,17H,1,5-9,13,18H2,2-3H3. The molecule has 0 aromatic heterocycles. The van der Waals surface area contributed by atoms with Crippen molar-refractivity contribution in [2.75, 3.05) is 0 Å². The van der Waals surface area contributed by atoms with E-state index in [0.29, 0.717) is 6.04 Å². The molecule has 0 radical (unpaired) electrons. The molecule has 1 unspecified atom stereocenters. The molecule has 18 heavy (non-hydrogen) atoms. The van der Waals surface area contributed by atoms with Gasteiger partial charge in [0.05, 0.1) is 0 Å². The third kappa shape index (κ3) is 5.50. The van der Waals surface area contributed by atoms with Crippen molar-refractivity contribution in [3.8, 4) is 0 Å². The second-order valence-corrected chi connectivity index (χ2v) is 5.31. The Balaban J connectivity index is 2.28. The van der Waals surface area contributed by atoms with Gasteiger partial charge in [-0.3, -0.25) is 0 Å². The Labute approximate surface area is 112 Å². The molecule has 1 rings (SSSR count). The Bertz CT molecular complexity index is 368. The van der Waals surface area contributed by atoms with Crippen molar-refractivity contribution in [2.45, 2.75) is 58.4 Å². The molecule has 0 spiro atoms. The van der Waals surface area contributed by atoms with Gasteiger partial charge < -0.3 is 5.73 Å². The maximum atomic E-state index is 6.19. The van der Waals surface area contributed by atoms with Crippen molar-refractivity contribution in [3.63, 3.8) is 0 Å². The maximum absolute atomic E-state index is 6.19. The van der Waals surface area contributed by atoms with E-state index in [4.69, 9.17) is 5.73 Å². The van der Waals surface area contributed by atoms with E-state index in [9.17, 15) is 0 Å². The Kier molecular flexibility index (Phi) is 6.74. The minimum absolute atomic E-state index is 0.302. The third-order valence-corrected chi connectivity index (χ3v) is 3.55. The summed E-state index contributed by atoms with van der Waals surface area (Å²) >= 11 is 0. The molecule has 100 valence electrons. The second kappa shape index (κ2) is 8.10. The van der Waals surface area contributed by atoms with Gasteiger partial charge in [0.25, 0.3) is 0 Å². The smallest absolute Gasteiger partial charge is 0.00793 e. The summed E-state index contributed by atoms with van der Waals surface area (Å²) in [5, 5.41) is 0. The van der Waals surface area contributed by atoms with Crippen LogP contribution in [-0.4, -0.2) is 6.04 Å². The van der Waals surface area contributed by atoms with E-state index in [1.54, 1.807) is 0 Å². The van der Waals surface area contributed by atoms with Crippen molar-refractivity contribution in [1.29, 1.82) is 0 Å². The van der Waals surface area contributed by atoms with Gasteiger partial charge in [0.15, 0.2) is 0 Å². The van der Waals surface area contributed by atoms with Gasteiger partial charge in [-0.05, 0) is 56.2 Å². The predicted octanol–water partition coefficient (Wildman–Crippen LogP) is 4.31. The van der Waals surface area contributed by atoms with Crippen LogP contribution in [0, 0.1) is 13.8 Å². The molecule has 0 aliphatic heterocycles. The fourth-order valence-corrected chi connectivity index (χ4v) is 2.21. The maximum Gasteiger partial charge on any atom is 0.00793 e. The van der Waals surface area contributed by atoms with Crippen molar-refractivity contribution >= 4 is 0 Å². The van der Waals surface area contributed by atoms with Gasteiger partial charge >= 0.3 is 0 Å². The quantitative estimate of drug-likeness (QED) is 0.536. The summed E-state index contributed by atoms with van der Waals surface area (Å²) in [6.07, 6.45) is 9.01. The zero-order chi connectivity index (χ0) is 13.4. The molecular weight excluding hydrogens is 218 g/mol. The average molecular weight is 245 g/mol. The number of hydrogen-bond donors (Lipinski definition) is 1. The second-order valence-electron chi connectivity index (χ2n) is 5.31. The number of allylic oxidation sites excluding steroid dienone is 1. The van der Waals surface area contributed by atoms with Crippen LogP contribution < -0.4 is 5.73 Å². The van der Waals surface area contributed by atoms with Gasteiger partial charge in [0, 0.05) is 6.04 Å². The van der Waals surface area contributed by atoms with Crippen LogP contribution >= 0.6 is 0 Å². The van der Waals surface area contributed by atoms with Gasteiger partial charge in [-0.2, -0.15) is 0 Å². The number of aryl methyl sites for hydroxylation is 2. The number of benzene rings is 1. The molecule has 0 bridgehead atoms. The summed E-state index contributed by atoms with van der Waals surface area (Å²) in [4.78, 5) is 0. The highest BCUT2D eigenvalue weighted by atomic mass is 14.6. The van der Waals surface area contributed by atoms with Gasteiger partial charge in [-0.25, -0.2) is 0 Å². The molecule has 0 saturated heterocycles. The molecule has 1 nitrogen and oxygen atoms in total. The summed E-state index contributed by atoms with van der Waals surface area (Å²) in [5.41, 5.74) is 10.3. The van der Waals surface area contributed by atoms with Crippen LogP contribution in [-0.2, 0) is 6.42 Å². The van der Waals surface area contributed by atoms with Crippen LogP contribution in [0.1, 0.15) is 48.8 Å². The molecule has 0 saturated carbocycles. The van der Waals surface area contributed by atoms with Crippen molar-refractivity contribution < 1.29 is 0 Å². The lowest BCUT2D eigenvalue weighted by atomic mass is 9.98. The predicted molar refractivity (Wildman–Crippen MR) is 80.9 cm³/mol. The van der Waals surface area contributed by atoms with E-state index in [1.165, 1.54) is 36.0 Å². The van der Waals surface area contributed by atoms with E-state index in [1.807, 2.05) is 6.08 Å². The van der Waals surface area contributed by atoms with E-state index >= 15 is 0 Å². The van der Waals surface area contributed by atoms with E-state index in [2.05, 4.69) is 38.6 Å². The van der Waals surface area contributed by atoms with E-state index in [0.717, 1.165) is 19.3 Å². The first-order valence-corrected chi connectivity index (χ1v) is 7.06. The fraction of sp³-hybridized carbons (Fsp3) is 0.529. The Morgan fingerprint density at radius 1 is 1.17 bits per heavy atom. The van der Waals surface area contributed by atoms with Crippen LogP contribution in [0.15, 0.2) is 30.9 Å². The molecule has 1 atom stereocenters. The molecule has 0 fully saturated rings. The molecule has 0 amide bonds. The fourth-order valence-electron chi connectivity index (χ4n) is 2.21. The lowest BCUT2D eigenvalue weighted by molar-refractivity contribution is 0.550. The number of nitrogens with two attached hydrogens (primary N) is 1. The minimum Gasteiger partial charge on any atom is -0.327 e. The largest absolute Gasteiger partial charge is 0.327 e. The third-order valence-electron chi connectivity index (χ3n) is 3.55. The zero-order valence-electron chi connectivity index (χ0n) is 11.9. The van der Waals surface area contributed by atoms with E-state index < -0.39 is 0 Å². The summed E-state index contributed by atoms with van der Waals surface area (Å²) < 4.78 is 0. The summed E-state index contributed by atoms with van der Waals surface area (Å²) in [5.74, 6) is 0. The van der Waals surface area contributed by atoms with Crippen molar-refractivity contribution in [3.05, 3.63) is 47.5 Å². The van der Waals surface area contributed by atoms with Crippen LogP contribution in [0.2, 0.25) is 0 Å². The van der Waals surface area contributed by atoms with Gasteiger partial charge in [-0.1, -0.05) is 37.1 Å². The highest BCUT2D eigenvalue weighted by Crippen LogP contribution is 2.13. The van der Waals surface area contributed by atoms with Crippen molar-refractivity contribution in [1.82, 2.24) is 0 Å². The van der Waals surface area contributed by atoms with E-state index in [-0.39, 0.29) is 0 Å². The number of unbranched alkanes of at least 4 members (excludes halogenated alkanes) is 3. The molecule has 1 aromatic rings. The highest BCUT2D eigenvalue weighted by Gasteiger charge is 2.04. The summed E-state index contributed by atoms with van der Waals surface area (Å²) in [6.45, 7) is 8.06. The molecule has 0 heterocycles. The first kappa shape index (κ1) is 15.0. The molecule has 1 heteroatoms. The first-order valence-electron chi connectivity index (χ1n) is 7.06. The monoisotopic (exact) mass is 245 g/mol. The van der Waals surface area contributed by atoms with Gasteiger partial charge in [0.2, 0.25) is 0 Å². The normalized spacial score (nSPS) is 12.4. The SMILES string of the molecule is C=CCCCCCC(N)Cc1ccc(C)c(C)c1. The average Bonchev–Trinajstić information content (AvgIpc) is 2.34. The topological polar surface area (TPSA) is 26.0 Å². The van der Waals surface area contributed by atoms with Crippen LogP contribution in [0.5, 0.6) is 0 Å². The number of hydrogen-bond acceptors (Lipinski definition) is 1. The minimum atomic E-state index is 0.302. The Morgan fingerprint density at radius 2 is 1.94 bits per heavy atom. The molecule has 0 aliphatic carbocycles. The molecule has 1 aromatic carbocycles. The van der Waals surface area contributed by atoms with Crippen molar-refractivity contribution in [2.24, 2.45) is 5.73 Å². The van der Waals surface area contributed by atoms with Gasteiger partial charge in [-0.15, -0.1) is 6.58 Å². The zero-order valence-corrected chi connectivity index (χ0v) is 11.9. The Hall–Kier alpha value is -1.08. The molecule has 2 N–H and O–H groups in total. The lowest BCUT2D eigenvalue weighted by Gasteiger charge is -2.12. The van der Waals surface area contributed by atoms with Crippen LogP contribution in [0.3, 0.4) is 0 Å². The van der Waals surface area contributed by atoms with Crippen LogP contribution in [0.25, 0.3) is 0 Å². The summed E-state index contributed by atoms with van der Waals surface area (Å²) in [7, 11) is 0.